The highest BCUT2D eigenvalue weighted by atomic mass is 16.5. The van der Waals surface area contributed by atoms with Gasteiger partial charge in [-0.2, -0.15) is 0 Å². The second-order valence-corrected chi connectivity index (χ2v) is 8.70. The number of nitrogens with zero attached hydrogens (tertiary/aromatic N) is 1. The molecule has 194 valence electrons. The molecule has 1 heterocycles. The van der Waals surface area contributed by atoms with Gasteiger partial charge in [0, 0.05) is 36.6 Å². The first kappa shape index (κ1) is 25.9. The van der Waals surface area contributed by atoms with Gasteiger partial charge in [0.1, 0.15) is 11.8 Å². The highest BCUT2D eigenvalue weighted by Crippen LogP contribution is 2.39. The number of ether oxygens (including phenoxy) is 4. The van der Waals surface area contributed by atoms with Crippen molar-refractivity contribution in [2.24, 2.45) is 0 Å². The van der Waals surface area contributed by atoms with E-state index in [1.165, 1.54) is 0 Å². The van der Waals surface area contributed by atoms with Gasteiger partial charge in [-0.25, -0.2) is 0 Å². The first-order valence-corrected chi connectivity index (χ1v) is 11.9. The lowest BCUT2D eigenvalue weighted by atomic mass is 10.0. The molecule has 37 heavy (non-hydrogen) atoms. The molecule has 0 bridgehead atoms. The van der Waals surface area contributed by atoms with Gasteiger partial charge in [-0.1, -0.05) is 30.3 Å². The van der Waals surface area contributed by atoms with Crippen LogP contribution < -0.4 is 18.9 Å². The van der Waals surface area contributed by atoms with Crippen molar-refractivity contribution in [1.29, 1.82) is 0 Å². The first-order chi connectivity index (χ1) is 18.0. The molecule has 0 saturated heterocycles. The molecule has 4 aromatic rings. The lowest BCUT2D eigenvalue weighted by Crippen LogP contribution is -2.42. The lowest BCUT2D eigenvalue weighted by molar-refractivity contribution is -0.143. The zero-order valence-electron chi connectivity index (χ0n) is 21.5. The molecule has 4 rings (SSSR count). The number of hydrogen-bond acceptors (Lipinski definition) is 6. The number of hydrogen-bond donors (Lipinski definition) is 2. The molecule has 0 saturated carbocycles. The van der Waals surface area contributed by atoms with E-state index >= 15 is 0 Å². The summed E-state index contributed by atoms with van der Waals surface area (Å²) in [6, 6.07) is 18.5. The Morgan fingerprint density at radius 3 is 2.11 bits per heavy atom. The molecule has 0 aliphatic rings. The van der Waals surface area contributed by atoms with Gasteiger partial charge in [0.25, 0.3) is 0 Å². The van der Waals surface area contributed by atoms with E-state index in [0.29, 0.717) is 36.8 Å². The summed E-state index contributed by atoms with van der Waals surface area (Å²) in [5, 5.41) is 11.4. The topological polar surface area (TPSA) is 93.3 Å². The average molecular weight is 505 g/mol. The fraction of sp³-hybridized carbons (Fsp3) is 0.276. The number of H-pyrrole nitrogens is 1. The van der Waals surface area contributed by atoms with Crippen LogP contribution in [0.5, 0.6) is 23.0 Å². The minimum atomic E-state index is -0.897. The Morgan fingerprint density at radius 1 is 0.865 bits per heavy atom. The van der Waals surface area contributed by atoms with Crippen molar-refractivity contribution in [3.63, 3.8) is 0 Å². The number of carboxylic acids is 1. The summed E-state index contributed by atoms with van der Waals surface area (Å²) in [4.78, 5) is 17.9. The first-order valence-electron chi connectivity index (χ1n) is 11.9. The number of nitrogens with one attached hydrogen (secondary N) is 1. The number of aromatic amines is 1. The zero-order valence-corrected chi connectivity index (χ0v) is 21.5. The summed E-state index contributed by atoms with van der Waals surface area (Å²) in [6.07, 6.45) is 2.23. The van der Waals surface area contributed by atoms with Crippen molar-refractivity contribution in [2.45, 2.75) is 25.6 Å². The standard InChI is InChI=1S/C29H32N2O6/c1-34-22-11-9-19(10-12-22)17-31(18-20-13-26(35-2)28(37-4)27(14-20)36-3)25(29(32)33)15-21-16-30-24-8-6-5-7-23(21)24/h5-14,16,25,30H,15,17-18H2,1-4H3,(H,32,33)/t25-/m0/s1. The van der Waals surface area contributed by atoms with Crippen LogP contribution in [0.3, 0.4) is 0 Å². The smallest absolute Gasteiger partial charge is 0.321 e. The number of carboxylic acid groups (broad SMARTS) is 1. The maximum absolute atomic E-state index is 12.7. The van der Waals surface area contributed by atoms with Crippen LogP contribution in [0.1, 0.15) is 16.7 Å². The normalized spacial score (nSPS) is 11.9. The van der Waals surface area contributed by atoms with Crippen molar-refractivity contribution in [1.82, 2.24) is 9.88 Å². The van der Waals surface area contributed by atoms with Crippen molar-refractivity contribution >= 4 is 16.9 Å². The number of aromatic nitrogens is 1. The number of rotatable bonds is 12. The number of methoxy groups -OCH3 is 4. The third kappa shape index (κ3) is 5.81. The molecular formula is C29H32N2O6. The largest absolute Gasteiger partial charge is 0.497 e. The number of benzene rings is 3. The Morgan fingerprint density at radius 2 is 1.51 bits per heavy atom. The van der Waals surface area contributed by atoms with E-state index in [1.807, 2.05) is 71.8 Å². The van der Waals surface area contributed by atoms with Gasteiger partial charge in [0.05, 0.1) is 28.4 Å². The molecule has 0 fully saturated rings. The van der Waals surface area contributed by atoms with Gasteiger partial charge in [-0.05, 0) is 47.0 Å². The SMILES string of the molecule is COc1ccc(CN(Cc2cc(OC)c(OC)c(OC)c2)[C@@H](Cc2c[nH]c3ccccc23)C(=O)O)cc1. The molecule has 3 aromatic carbocycles. The molecule has 1 atom stereocenters. The van der Waals surface area contributed by atoms with E-state index in [1.54, 1.807) is 28.4 Å². The second-order valence-electron chi connectivity index (χ2n) is 8.70. The average Bonchev–Trinajstić information content (AvgIpc) is 3.33. The monoisotopic (exact) mass is 504 g/mol. The maximum Gasteiger partial charge on any atom is 0.321 e. The van der Waals surface area contributed by atoms with Gasteiger partial charge in [-0.15, -0.1) is 0 Å². The quantitative estimate of drug-likeness (QED) is 0.283. The maximum atomic E-state index is 12.7. The summed E-state index contributed by atoms with van der Waals surface area (Å²) in [7, 11) is 6.30. The van der Waals surface area contributed by atoms with E-state index in [2.05, 4.69) is 4.98 Å². The fourth-order valence-electron chi connectivity index (χ4n) is 4.58. The number of para-hydroxylation sites is 1. The Labute approximate surface area is 216 Å². The number of carbonyl (C=O) groups is 1. The van der Waals surface area contributed by atoms with Crippen LogP contribution in [0.2, 0.25) is 0 Å². The molecule has 8 nitrogen and oxygen atoms in total. The van der Waals surface area contributed by atoms with Crippen LogP contribution in [0.4, 0.5) is 0 Å². The number of fused-ring (bicyclic) bond motifs is 1. The van der Waals surface area contributed by atoms with Crippen molar-refractivity contribution in [2.75, 3.05) is 28.4 Å². The van der Waals surface area contributed by atoms with Crippen molar-refractivity contribution < 1.29 is 28.8 Å². The van der Waals surface area contributed by atoms with Crippen LogP contribution in [-0.2, 0) is 24.3 Å². The molecule has 2 N–H and O–H groups in total. The van der Waals surface area contributed by atoms with Gasteiger partial charge in [-0.3, -0.25) is 9.69 Å². The summed E-state index contributed by atoms with van der Waals surface area (Å²) in [5.41, 5.74) is 3.74. The summed E-state index contributed by atoms with van der Waals surface area (Å²) in [6.45, 7) is 0.766. The van der Waals surface area contributed by atoms with E-state index in [0.717, 1.165) is 33.3 Å². The van der Waals surface area contributed by atoms with Crippen LogP contribution in [0, 0.1) is 0 Å². The van der Waals surface area contributed by atoms with E-state index in [4.69, 9.17) is 18.9 Å². The van der Waals surface area contributed by atoms with Crippen LogP contribution in [-0.4, -0.2) is 55.4 Å². The third-order valence-electron chi connectivity index (χ3n) is 6.47. The number of aliphatic carboxylic acids is 1. The Bertz CT molecular complexity index is 1320. The van der Waals surface area contributed by atoms with Crippen molar-refractivity contribution in [3.05, 3.63) is 83.6 Å². The molecule has 0 spiro atoms. The van der Waals surface area contributed by atoms with E-state index < -0.39 is 12.0 Å². The lowest BCUT2D eigenvalue weighted by Gasteiger charge is -2.29. The minimum Gasteiger partial charge on any atom is -0.497 e. The Hall–Kier alpha value is -4.17. The predicted molar refractivity (Wildman–Crippen MR) is 142 cm³/mol. The molecule has 0 aliphatic carbocycles. The molecular weight excluding hydrogens is 472 g/mol. The van der Waals surface area contributed by atoms with Gasteiger partial charge < -0.3 is 29.0 Å². The summed E-state index contributed by atoms with van der Waals surface area (Å²) in [5.74, 6) is 1.37. The van der Waals surface area contributed by atoms with Crippen LogP contribution >= 0.6 is 0 Å². The van der Waals surface area contributed by atoms with Gasteiger partial charge >= 0.3 is 5.97 Å². The molecule has 0 radical (unpaired) electrons. The van der Waals surface area contributed by atoms with Crippen LogP contribution in [0.15, 0.2) is 66.9 Å². The third-order valence-corrected chi connectivity index (χ3v) is 6.47. The molecule has 1 aromatic heterocycles. The highest BCUT2D eigenvalue weighted by molar-refractivity contribution is 5.84. The zero-order chi connectivity index (χ0) is 26.4. The van der Waals surface area contributed by atoms with Gasteiger partial charge in [0.15, 0.2) is 11.5 Å². The molecule has 8 heteroatoms. The highest BCUT2D eigenvalue weighted by Gasteiger charge is 2.28. The Kier molecular flexibility index (Phi) is 8.20. The molecule has 0 amide bonds. The predicted octanol–water partition coefficient (Wildman–Crippen LogP) is 4.90. The molecule has 0 aliphatic heterocycles. The summed E-state index contributed by atoms with van der Waals surface area (Å²) < 4.78 is 21.8. The summed E-state index contributed by atoms with van der Waals surface area (Å²) >= 11 is 0. The fourth-order valence-corrected chi connectivity index (χ4v) is 4.58. The van der Waals surface area contributed by atoms with E-state index in [9.17, 15) is 9.90 Å². The second kappa shape index (κ2) is 11.7. The molecule has 0 unspecified atom stereocenters. The minimum absolute atomic E-state index is 0.333. The van der Waals surface area contributed by atoms with E-state index in [-0.39, 0.29) is 0 Å². The Balaban J connectivity index is 1.72. The van der Waals surface area contributed by atoms with Crippen molar-refractivity contribution in [3.8, 4) is 23.0 Å². The van der Waals surface area contributed by atoms with Crippen LogP contribution in [0.25, 0.3) is 10.9 Å². The van der Waals surface area contributed by atoms with Gasteiger partial charge in [0.2, 0.25) is 5.75 Å².